The van der Waals surface area contributed by atoms with Gasteiger partial charge >= 0.3 is 0 Å². The van der Waals surface area contributed by atoms with Crippen molar-refractivity contribution >= 4 is 85.4 Å². The van der Waals surface area contributed by atoms with Crippen LogP contribution in [0.1, 0.15) is 91.5 Å². The average molecular weight is 1230 g/mol. The summed E-state index contributed by atoms with van der Waals surface area (Å²) >= 11 is 18.5. The number of hydrogen-bond donors (Lipinski definition) is 0. The molecule has 9 aromatic carbocycles. The van der Waals surface area contributed by atoms with E-state index in [1.807, 2.05) is 36.4 Å². The number of alkyl halides is 2. The molecule has 372 valence electrons. The van der Waals surface area contributed by atoms with E-state index >= 15 is 0 Å². The van der Waals surface area contributed by atoms with Gasteiger partial charge < -0.3 is 9.64 Å². The van der Waals surface area contributed by atoms with Crippen LogP contribution < -0.4 is 9.64 Å². The predicted octanol–water partition coefficient (Wildman–Crippen LogP) is 22.5. The largest absolute Gasteiger partial charge is 0.453 e. The van der Waals surface area contributed by atoms with Crippen molar-refractivity contribution in [1.82, 2.24) is 0 Å². The Balaban J connectivity index is 1.24. The van der Waals surface area contributed by atoms with Gasteiger partial charge in [0.15, 0.2) is 11.5 Å². The summed E-state index contributed by atoms with van der Waals surface area (Å²) in [5.41, 5.74) is 21.6. The third-order valence-electron chi connectivity index (χ3n) is 14.2. The minimum Gasteiger partial charge on any atom is -0.453 e. The van der Waals surface area contributed by atoms with Gasteiger partial charge in [-0.05, 0) is 206 Å². The third-order valence-corrected chi connectivity index (χ3v) is 15.9. The Hall–Kier alpha value is -5.38. The maximum atomic E-state index is 6.70. The molecule has 0 amide bonds. The van der Waals surface area contributed by atoms with Gasteiger partial charge in [-0.15, -0.1) is 0 Å². The second-order valence-electron chi connectivity index (χ2n) is 22.8. The van der Waals surface area contributed by atoms with E-state index in [1.165, 1.54) is 33.4 Å². The van der Waals surface area contributed by atoms with E-state index in [0.717, 1.165) is 72.7 Å². The maximum Gasteiger partial charge on any atom is 0.153 e. The van der Waals surface area contributed by atoms with Gasteiger partial charge in [0.25, 0.3) is 0 Å². The normalized spacial score (nSPS) is 12.8. The van der Waals surface area contributed by atoms with E-state index in [9.17, 15) is 0 Å². The van der Waals surface area contributed by atoms with Crippen molar-refractivity contribution in [2.45, 2.75) is 86.9 Å². The minimum atomic E-state index is 0.00492. The van der Waals surface area contributed by atoms with Crippen molar-refractivity contribution in [3.05, 3.63) is 220 Å². The Morgan fingerprint density at radius 3 is 0.838 bits per heavy atom. The predicted molar refractivity (Wildman–Crippen MR) is 335 cm³/mol. The molecular formula is C68H61Cl2I2NO. The van der Waals surface area contributed by atoms with Crippen LogP contribution in [0.3, 0.4) is 0 Å². The van der Waals surface area contributed by atoms with Gasteiger partial charge in [0, 0.05) is 34.7 Å². The number of hydrogen-bond acceptors (Lipinski definition) is 2. The van der Waals surface area contributed by atoms with Gasteiger partial charge in [0.2, 0.25) is 0 Å². The van der Waals surface area contributed by atoms with Crippen LogP contribution in [0.25, 0.3) is 66.8 Å². The van der Waals surface area contributed by atoms with E-state index in [0.29, 0.717) is 21.5 Å². The van der Waals surface area contributed by atoms with Gasteiger partial charge in [-0.3, -0.25) is 0 Å². The Morgan fingerprint density at radius 2 is 0.568 bits per heavy atom. The molecule has 1 aliphatic rings. The van der Waals surface area contributed by atoms with E-state index < -0.39 is 0 Å². The Kier molecular flexibility index (Phi) is 14.0. The second-order valence-corrected chi connectivity index (χ2v) is 29.0. The van der Waals surface area contributed by atoms with Crippen molar-refractivity contribution in [1.29, 1.82) is 0 Å². The van der Waals surface area contributed by atoms with Crippen LogP contribution in [-0.4, -0.2) is 0 Å². The van der Waals surface area contributed by atoms with E-state index in [1.54, 1.807) is 0 Å². The number of nitrogens with zero attached hydrogens (tertiary/aromatic N) is 1. The highest BCUT2D eigenvalue weighted by Gasteiger charge is 2.28. The van der Waals surface area contributed by atoms with Gasteiger partial charge in [-0.25, -0.2) is 0 Å². The SMILES string of the molecule is CC(C)(C)c1ccc(-c2cc(-c3ccc(C(C)(C)I)cc3)cc(-c3cc(-c4cc(-c5ccc(C(C)(C)C)cc5)cc(-c5ccc(C(C)(C)I)cc5)c4)cc(N4c5ccc(Cl)cc5Oc5cc(Cl)ccc54)c3)c2)cc1. The third kappa shape index (κ3) is 11.1. The molecule has 0 aliphatic carbocycles. The highest BCUT2D eigenvalue weighted by atomic mass is 127. The van der Waals surface area contributed by atoms with Crippen molar-refractivity contribution in [2.75, 3.05) is 4.90 Å². The number of rotatable bonds is 9. The highest BCUT2D eigenvalue weighted by molar-refractivity contribution is 14.1. The summed E-state index contributed by atoms with van der Waals surface area (Å²) in [7, 11) is 0. The van der Waals surface area contributed by atoms with Crippen molar-refractivity contribution in [3.63, 3.8) is 0 Å². The summed E-state index contributed by atoms with van der Waals surface area (Å²) < 4.78 is 6.59. The average Bonchev–Trinajstić information content (AvgIpc) is 3.36. The van der Waals surface area contributed by atoms with Crippen LogP contribution in [-0.2, 0) is 17.7 Å². The summed E-state index contributed by atoms with van der Waals surface area (Å²) in [6, 6.07) is 69.2. The number of fused-ring (bicyclic) bond motifs is 2. The molecule has 0 N–H and O–H groups in total. The molecule has 74 heavy (non-hydrogen) atoms. The van der Waals surface area contributed by atoms with Crippen molar-refractivity contribution in [2.24, 2.45) is 0 Å². The molecule has 0 saturated heterocycles. The maximum absolute atomic E-state index is 6.70. The first-order valence-corrected chi connectivity index (χ1v) is 28.2. The molecule has 0 aromatic heterocycles. The first-order valence-electron chi connectivity index (χ1n) is 25.3. The van der Waals surface area contributed by atoms with Crippen LogP contribution >= 0.6 is 68.4 Å². The molecule has 9 aromatic rings. The number of anilines is 3. The minimum absolute atomic E-state index is 0.00492. The highest BCUT2D eigenvalue weighted by Crippen LogP contribution is 2.53. The zero-order chi connectivity index (χ0) is 52.5. The topological polar surface area (TPSA) is 12.5 Å². The molecule has 0 atom stereocenters. The molecule has 0 saturated carbocycles. The molecule has 10 rings (SSSR count). The molecule has 0 bridgehead atoms. The molecule has 0 fully saturated rings. The lowest BCUT2D eigenvalue weighted by atomic mass is 9.85. The van der Waals surface area contributed by atoms with Gasteiger partial charge in [-0.1, -0.05) is 207 Å². The number of benzene rings is 9. The molecule has 1 heterocycles. The lowest BCUT2D eigenvalue weighted by molar-refractivity contribution is 0.477. The van der Waals surface area contributed by atoms with Crippen LogP contribution in [0.2, 0.25) is 10.0 Å². The zero-order valence-electron chi connectivity index (χ0n) is 43.8. The molecule has 0 unspecified atom stereocenters. The van der Waals surface area contributed by atoms with Gasteiger partial charge in [-0.2, -0.15) is 0 Å². The fourth-order valence-electron chi connectivity index (χ4n) is 9.81. The van der Waals surface area contributed by atoms with Crippen LogP contribution in [0.5, 0.6) is 11.5 Å². The standard InChI is InChI=1S/C68H61Cl2I2NO/c1-65(2,3)54-19-11-42(12-20-54)46-31-48(44-15-23-56(24-16-44)67(7,8)71)35-50(33-46)52-37-53(39-60(38-52)73-61-29-27-58(69)40-63(61)74-64-41-59(70)28-30-62(64)73)51-34-47(43-13-21-55(22-14-43)66(4,5)6)32-49(36-51)45-17-25-57(26-18-45)68(9,10)72/h11-41H,1-10H3. The summed E-state index contributed by atoms with van der Waals surface area (Å²) in [5, 5.41) is 1.18. The summed E-state index contributed by atoms with van der Waals surface area (Å²) in [4.78, 5) is 2.29. The molecular weight excluding hydrogens is 1170 g/mol. The summed E-state index contributed by atoms with van der Waals surface area (Å²) in [6.07, 6.45) is 0. The number of ether oxygens (including phenoxy) is 1. The Bertz CT molecular complexity index is 3170. The first-order chi connectivity index (χ1) is 34.9. The van der Waals surface area contributed by atoms with Gasteiger partial charge in [0.05, 0.1) is 11.4 Å². The van der Waals surface area contributed by atoms with E-state index in [-0.39, 0.29) is 17.7 Å². The smallest absolute Gasteiger partial charge is 0.153 e. The first kappa shape index (κ1) is 52.1. The van der Waals surface area contributed by atoms with Crippen molar-refractivity contribution in [3.8, 4) is 78.3 Å². The lowest BCUT2D eigenvalue weighted by Gasteiger charge is -2.33. The van der Waals surface area contributed by atoms with Crippen LogP contribution in [0.15, 0.2) is 188 Å². The number of halogens is 4. The van der Waals surface area contributed by atoms with Crippen molar-refractivity contribution < 1.29 is 4.74 Å². The molecule has 0 spiro atoms. The zero-order valence-corrected chi connectivity index (χ0v) is 49.6. The molecule has 1 aliphatic heterocycles. The van der Waals surface area contributed by atoms with Gasteiger partial charge in [0.1, 0.15) is 0 Å². The Labute approximate surface area is 476 Å². The fraction of sp³-hybridized carbons (Fsp3) is 0.206. The monoisotopic (exact) mass is 1230 g/mol. The summed E-state index contributed by atoms with van der Waals surface area (Å²) in [5.74, 6) is 1.31. The van der Waals surface area contributed by atoms with E-state index in [2.05, 4.69) is 271 Å². The Morgan fingerprint density at radius 1 is 0.311 bits per heavy atom. The fourth-order valence-corrected chi connectivity index (χ4v) is 10.9. The lowest BCUT2D eigenvalue weighted by Crippen LogP contribution is -2.16. The molecule has 2 nitrogen and oxygen atoms in total. The second kappa shape index (κ2) is 20.0. The molecule has 0 radical (unpaired) electrons. The summed E-state index contributed by atoms with van der Waals surface area (Å²) in [6.45, 7) is 22.6. The van der Waals surface area contributed by atoms with E-state index in [4.69, 9.17) is 27.9 Å². The van der Waals surface area contributed by atoms with Crippen LogP contribution in [0.4, 0.5) is 17.1 Å². The molecule has 6 heteroatoms. The quantitative estimate of drug-likeness (QED) is 0.105. The van der Waals surface area contributed by atoms with Crippen LogP contribution in [0, 0.1) is 0 Å².